The third-order valence-electron chi connectivity index (χ3n) is 3.77. The maximum absolute atomic E-state index is 9.81. The highest BCUT2D eigenvalue weighted by Gasteiger charge is 2.14. The normalized spacial score (nSPS) is 19.8. The standard InChI is InChI=1S/C19H25ClN2O2/c1-2-11-21-13-18(23)14-24-22-19-6-4-3-5-16(19)12-15-7-9-17(20)10-8-15/h2,7-12,18,21,23H,3-6,13-14H2,1H3/b11-2-,16-12+,22-19+. The van der Waals surface area contributed by atoms with E-state index in [1.54, 1.807) is 6.20 Å². The van der Waals surface area contributed by atoms with Crippen LogP contribution in [0, 0.1) is 0 Å². The first-order chi connectivity index (χ1) is 11.7. The summed E-state index contributed by atoms with van der Waals surface area (Å²) in [6.07, 6.45) is 9.41. The Hall–Kier alpha value is -1.78. The minimum absolute atomic E-state index is 0.183. The Morgan fingerprint density at radius 1 is 1.29 bits per heavy atom. The number of aliphatic hydroxyl groups excluding tert-OH is 1. The van der Waals surface area contributed by atoms with Crippen molar-refractivity contribution in [1.29, 1.82) is 0 Å². The smallest absolute Gasteiger partial charge is 0.144 e. The summed E-state index contributed by atoms with van der Waals surface area (Å²) in [7, 11) is 0. The number of hydrogen-bond donors (Lipinski definition) is 2. The van der Waals surface area contributed by atoms with E-state index in [1.807, 2.05) is 37.3 Å². The van der Waals surface area contributed by atoms with Crippen LogP contribution >= 0.6 is 11.6 Å². The summed E-state index contributed by atoms with van der Waals surface area (Å²) in [6, 6.07) is 7.77. The Kier molecular flexibility index (Phi) is 7.86. The second-order valence-corrected chi connectivity index (χ2v) is 6.26. The van der Waals surface area contributed by atoms with Crippen LogP contribution in [-0.2, 0) is 4.84 Å². The van der Waals surface area contributed by atoms with E-state index in [0.29, 0.717) is 6.54 Å². The van der Waals surface area contributed by atoms with Gasteiger partial charge in [-0.05, 0) is 68.2 Å². The van der Waals surface area contributed by atoms with E-state index < -0.39 is 6.10 Å². The molecule has 1 fully saturated rings. The van der Waals surface area contributed by atoms with Gasteiger partial charge in [-0.3, -0.25) is 0 Å². The predicted octanol–water partition coefficient (Wildman–Crippen LogP) is 4.15. The number of oxime groups is 1. The molecule has 24 heavy (non-hydrogen) atoms. The third-order valence-corrected chi connectivity index (χ3v) is 4.02. The summed E-state index contributed by atoms with van der Waals surface area (Å²) in [4.78, 5) is 5.36. The van der Waals surface area contributed by atoms with Crippen molar-refractivity contribution in [2.75, 3.05) is 13.2 Å². The Morgan fingerprint density at radius 3 is 2.79 bits per heavy atom. The van der Waals surface area contributed by atoms with Gasteiger partial charge >= 0.3 is 0 Å². The van der Waals surface area contributed by atoms with Crippen LogP contribution < -0.4 is 5.32 Å². The highest BCUT2D eigenvalue weighted by atomic mass is 35.5. The summed E-state index contributed by atoms with van der Waals surface area (Å²) < 4.78 is 0. The van der Waals surface area contributed by atoms with Gasteiger partial charge in [-0.1, -0.05) is 35.0 Å². The number of benzene rings is 1. The molecule has 0 amide bonds. The summed E-state index contributed by atoms with van der Waals surface area (Å²) in [5.74, 6) is 0. The van der Waals surface area contributed by atoms with Crippen molar-refractivity contribution in [2.45, 2.75) is 38.7 Å². The molecule has 1 unspecified atom stereocenters. The first-order valence-electron chi connectivity index (χ1n) is 8.37. The van der Waals surface area contributed by atoms with Crippen molar-refractivity contribution in [3.05, 3.63) is 52.7 Å². The Labute approximate surface area is 148 Å². The molecule has 1 atom stereocenters. The molecule has 1 aromatic carbocycles. The minimum Gasteiger partial charge on any atom is -0.393 e. The molecule has 0 saturated heterocycles. The topological polar surface area (TPSA) is 53.8 Å². The molecule has 4 nitrogen and oxygen atoms in total. The van der Waals surface area contributed by atoms with Gasteiger partial charge in [-0.25, -0.2) is 0 Å². The molecule has 0 aliphatic heterocycles. The van der Waals surface area contributed by atoms with Crippen molar-refractivity contribution in [3.8, 4) is 0 Å². The number of aliphatic hydroxyl groups is 1. The zero-order valence-electron chi connectivity index (χ0n) is 14.0. The second-order valence-electron chi connectivity index (χ2n) is 5.82. The fraction of sp³-hybridized carbons (Fsp3) is 0.421. The summed E-state index contributed by atoms with van der Waals surface area (Å²) in [5.41, 5.74) is 3.29. The molecule has 5 heteroatoms. The molecule has 1 aromatic rings. The molecule has 130 valence electrons. The van der Waals surface area contributed by atoms with Crippen LogP contribution in [0.25, 0.3) is 6.08 Å². The highest BCUT2D eigenvalue weighted by molar-refractivity contribution is 6.30. The van der Waals surface area contributed by atoms with E-state index in [0.717, 1.165) is 42.0 Å². The second kappa shape index (κ2) is 10.2. The third kappa shape index (κ3) is 6.38. The lowest BCUT2D eigenvalue weighted by atomic mass is 9.91. The van der Waals surface area contributed by atoms with Gasteiger partial charge in [0.15, 0.2) is 0 Å². The van der Waals surface area contributed by atoms with E-state index in [9.17, 15) is 5.11 Å². The quantitative estimate of drug-likeness (QED) is 0.728. The van der Waals surface area contributed by atoms with Crippen LogP contribution in [-0.4, -0.2) is 30.1 Å². The fourth-order valence-corrected chi connectivity index (χ4v) is 2.64. The number of rotatable bonds is 7. The van der Waals surface area contributed by atoms with Crippen molar-refractivity contribution >= 4 is 23.4 Å². The summed E-state index contributed by atoms with van der Waals surface area (Å²) in [6.45, 7) is 2.55. The van der Waals surface area contributed by atoms with Gasteiger partial charge < -0.3 is 15.3 Å². The van der Waals surface area contributed by atoms with E-state index in [2.05, 4.69) is 16.5 Å². The number of nitrogens with one attached hydrogen (secondary N) is 1. The average molecular weight is 349 g/mol. The van der Waals surface area contributed by atoms with Gasteiger partial charge in [0.2, 0.25) is 0 Å². The zero-order valence-corrected chi connectivity index (χ0v) is 14.8. The maximum Gasteiger partial charge on any atom is 0.144 e. The van der Waals surface area contributed by atoms with Crippen molar-refractivity contribution in [1.82, 2.24) is 5.32 Å². The average Bonchev–Trinajstić information content (AvgIpc) is 2.59. The Bertz CT molecular complexity index is 594. The fourth-order valence-electron chi connectivity index (χ4n) is 2.51. The highest BCUT2D eigenvalue weighted by Crippen LogP contribution is 2.24. The molecular formula is C19H25ClN2O2. The number of hydrogen-bond acceptors (Lipinski definition) is 4. The van der Waals surface area contributed by atoms with E-state index in [4.69, 9.17) is 16.4 Å². The van der Waals surface area contributed by atoms with Crippen molar-refractivity contribution in [3.63, 3.8) is 0 Å². The molecule has 0 radical (unpaired) electrons. The largest absolute Gasteiger partial charge is 0.393 e. The van der Waals surface area contributed by atoms with Gasteiger partial charge in [-0.15, -0.1) is 0 Å². The van der Waals surface area contributed by atoms with Crippen molar-refractivity contribution in [2.24, 2.45) is 5.16 Å². The number of allylic oxidation sites excluding steroid dienone is 2. The molecule has 0 heterocycles. The minimum atomic E-state index is -0.585. The van der Waals surface area contributed by atoms with Gasteiger partial charge in [0.05, 0.1) is 5.71 Å². The lowest BCUT2D eigenvalue weighted by Crippen LogP contribution is -2.27. The SMILES string of the molecule is C/C=C\NCC(O)CO/N=C1\CCCC\C1=C/c1ccc(Cl)cc1. The summed E-state index contributed by atoms with van der Waals surface area (Å²) in [5, 5.41) is 17.8. The first-order valence-corrected chi connectivity index (χ1v) is 8.75. The molecule has 2 rings (SSSR count). The molecule has 0 bridgehead atoms. The molecule has 0 spiro atoms. The molecule has 0 aromatic heterocycles. The van der Waals surface area contributed by atoms with E-state index in [-0.39, 0.29) is 6.61 Å². The van der Waals surface area contributed by atoms with Gasteiger partial charge in [0.1, 0.15) is 12.7 Å². The molecule has 1 aliphatic rings. The maximum atomic E-state index is 9.81. The van der Waals surface area contributed by atoms with Crippen molar-refractivity contribution < 1.29 is 9.94 Å². The summed E-state index contributed by atoms with van der Waals surface area (Å²) >= 11 is 5.93. The number of halogens is 1. The van der Waals surface area contributed by atoms with E-state index in [1.165, 1.54) is 5.57 Å². The molecule has 1 aliphatic carbocycles. The first kappa shape index (κ1) is 18.6. The van der Waals surface area contributed by atoms with Gasteiger partial charge in [0, 0.05) is 11.6 Å². The van der Waals surface area contributed by atoms with E-state index >= 15 is 0 Å². The predicted molar refractivity (Wildman–Crippen MR) is 100 cm³/mol. The molecular weight excluding hydrogens is 324 g/mol. The van der Waals surface area contributed by atoms with Crippen LogP contribution in [0.15, 0.2) is 47.3 Å². The lowest BCUT2D eigenvalue weighted by Gasteiger charge is -2.17. The van der Waals surface area contributed by atoms with Crippen LogP contribution in [0.4, 0.5) is 0 Å². The van der Waals surface area contributed by atoms with Gasteiger partial charge in [-0.2, -0.15) is 0 Å². The monoisotopic (exact) mass is 348 g/mol. The Balaban J connectivity index is 1.94. The molecule has 2 N–H and O–H groups in total. The zero-order chi connectivity index (χ0) is 17.2. The van der Waals surface area contributed by atoms with Crippen LogP contribution in [0.5, 0.6) is 0 Å². The van der Waals surface area contributed by atoms with Crippen LogP contribution in [0.2, 0.25) is 5.02 Å². The van der Waals surface area contributed by atoms with Gasteiger partial charge in [0.25, 0.3) is 0 Å². The number of nitrogens with zero attached hydrogens (tertiary/aromatic N) is 1. The lowest BCUT2D eigenvalue weighted by molar-refractivity contribution is 0.0417. The van der Waals surface area contributed by atoms with Crippen LogP contribution in [0.1, 0.15) is 38.2 Å². The van der Waals surface area contributed by atoms with Crippen LogP contribution in [0.3, 0.4) is 0 Å². The molecule has 1 saturated carbocycles. The Morgan fingerprint density at radius 2 is 2.04 bits per heavy atom.